The lowest BCUT2D eigenvalue weighted by Gasteiger charge is -2.45. The third kappa shape index (κ3) is 9.97. The smallest absolute Gasteiger partial charge is 0.255 e. The first-order valence-corrected chi connectivity index (χ1v) is 16.9. The van der Waals surface area contributed by atoms with Gasteiger partial charge in [-0.3, -0.25) is 19.6 Å². The number of aromatic nitrogens is 1. The molecule has 2 heterocycles. The van der Waals surface area contributed by atoms with Gasteiger partial charge in [0.25, 0.3) is 5.91 Å². The van der Waals surface area contributed by atoms with Gasteiger partial charge in [-0.25, -0.2) is 0 Å². The Morgan fingerprint density at radius 1 is 0.917 bits per heavy atom. The Morgan fingerprint density at radius 3 is 2.17 bits per heavy atom. The molecular weight excluding hydrogens is 600 g/mol. The molecule has 1 saturated heterocycles. The fourth-order valence-electron chi connectivity index (χ4n) is 6.16. The summed E-state index contributed by atoms with van der Waals surface area (Å²) in [5.74, 6) is 6.13. The number of nitrogens with one attached hydrogen (secondary N) is 1. The second-order valence-electron chi connectivity index (χ2n) is 14.9. The Hall–Kier alpha value is -3.58. The van der Waals surface area contributed by atoms with Gasteiger partial charge >= 0.3 is 0 Å². The van der Waals surface area contributed by atoms with Gasteiger partial charge < -0.3 is 19.9 Å². The molecule has 4 rings (SSSR count). The van der Waals surface area contributed by atoms with Gasteiger partial charge in [0.1, 0.15) is 5.60 Å². The molecule has 8 heteroatoms. The normalized spacial score (nSPS) is 16.3. The van der Waals surface area contributed by atoms with E-state index in [1.807, 2.05) is 102 Å². The van der Waals surface area contributed by atoms with Crippen molar-refractivity contribution in [3.63, 3.8) is 0 Å². The molecule has 0 saturated carbocycles. The minimum absolute atomic E-state index is 0.154. The minimum Gasteiger partial charge on any atom is -0.382 e. The molecule has 8 nitrogen and oxygen atoms in total. The van der Waals surface area contributed by atoms with E-state index in [-0.39, 0.29) is 5.91 Å². The van der Waals surface area contributed by atoms with Crippen molar-refractivity contribution in [1.82, 2.24) is 14.8 Å². The van der Waals surface area contributed by atoms with Crippen LogP contribution < -0.4 is 5.32 Å². The van der Waals surface area contributed by atoms with E-state index < -0.39 is 16.4 Å². The molecule has 0 aliphatic carbocycles. The fraction of sp³-hybridized carbons (Fsp3) is 0.500. The summed E-state index contributed by atoms with van der Waals surface area (Å²) in [6.45, 7) is 20.6. The van der Waals surface area contributed by atoms with Crippen molar-refractivity contribution in [2.75, 3.05) is 45.3 Å². The number of ether oxygens (including phenoxy) is 2. The zero-order valence-corrected chi connectivity index (χ0v) is 30.1. The summed E-state index contributed by atoms with van der Waals surface area (Å²) in [6.07, 6.45) is 1.95. The van der Waals surface area contributed by atoms with Crippen molar-refractivity contribution in [3.8, 4) is 11.8 Å². The third-order valence-electron chi connectivity index (χ3n) is 9.13. The van der Waals surface area contributed by atoms with E-state index in [1.165, 1.54) is 11.1 Å². The Morgan fingerprint density at radius 2 is 1.58 bits per heavy atom. The van der Waals surface area contributed by atoms with Crippen molar-refractivity contribution in [2.24, 2.45) is 10.8 Å². The lowest BCUT2D eigenvalue weighted by molar-refractivity contribution is -0.0875. The summed E-state index contributed by atoms with van der Waals surface area (Å²) >= 11 is 0. The van der Waals surface area contributed by atoms with Gasteiger partial charge in [-0.05, 0) is 60.5 Å². The molecule has 0 unspecified atom stereocenters. The molecule has 0 radical (unpaired) electrons. The highest BCUT2D eigenvalue weighted by Crippen LogP contribution is 2.43. The highest BCUT2D eigenvalue weighted by molar-refractivity contribution is 6.04. The summed E-state index contributed by atoms with van der Waals surface area (Å²) in [4.78, 5) is 22.5. The van der Waals surface area contributed by atoms with Crippen molar-refractivity contribution < 1.29 is 19.4 Å². The Bertz CT molecular complexity index is 1510. The van der Waals surface area contributed by atoms with E-state index in [9.17, 15) is 9.90 Å². The number of amides is 1. The SMILES string of the molecule is COCCOCc1ccc(CN2CCN(Cc3ccc(C(=O)Nc4ccc(C#CC(O)(C(C)(C)C)C(C)(C)C)cc4)cc3)[C@@H](C)C2)cn1. The van der Waals surface area contributed by atoms with Crippen LogP contribution in [-0.4, -0.2) is 77.4 Å². The fourth-order valence-corrected chi connectivity index (χ4v) is 6.16. The van der Waals surface area contributed by atoms with Crippen LogP contribution in [0.3, 0.4) is 0 Å². The number of benzene rings is 2. The van der Waals surface area contributed by atoms with Gasteiger partial charge in [0.15, 0.2) is 0 Å². The van der Waals surface area contributed by atoms with Gasteiger partial charge in [-0.1, -0.05) is 71.6 Å². The number of rotatable bonds is 11. The van der Waals surface area contributed by atoms with Crippen molar-refractivity contribution in [2.45, 2.75) is 79.8 Å². The predicted molar refractivity (Wildman–Crippen MR) is 192 cm³/mol. The number of pyridine rings is 1. The molecule has 1 atom stereocenters. The van der Waals surface area contributed by atoms with Crippen LogP contribution in [-0.2, 0) is 29.2 Å². The quantitative estimate of drug-likeness (QED) is 0.183. The van der Waals surface area contributed by atoms with E-state index >= 15 is 0 Å². The number of methoxy groups -OCH3 is 1. The topological polar surface area (TPSA) is 87.2 Å². The van der Waals surface area contributed by atoms with Crippen LogP contribution in [0.5, 0.6) is 0 Å². The molecule has 1 aliphatic rings. The van der Waals surface area contributed by atoms with E-state index in [2.05, 4.69) is 44.9 Å². The standard InChI is InChI=1S/C40H54N4O4/c1-30-26-43(27-33-13-18-36(41-25-33)29-48-24-23-47-8)21-22-44(30)28-32-9-14-34(15-10-32)37(45)42-35-16-11-31(12-17-35)19-20-40(46,38(2,3)4)39(5,6)7/h9-18,25,30,46H,21-24,26-29H2,1-8H3,(H,42,45)/t30-/m0/s1. The molecule has 2 aromatic carbocycles. The Labute approximate surface area is 287 Å². The maximum Gasteiger partial charge on any atom is 0.255 e. The van der Waals surface area contributed by atoms with E-state index in [0.29, 0.717) is 37.1 Å². The third-order valence-corrected chi connectivity index (χ3v) is 9.13. The lowest BCUT2D eigenvalue weighted by Crippen LogP contribution is -2.52. The van der Waals surface area contributed by atoms with E-state index in [4.69, 9.17) is 9.47 Å². The maximum absolute atomic E-state index is 13.0. The monoisotopic (exact) mass is 654 g/mol. The lowest BCUT2D eigenvalue weighted by atomic mass is 9.63. The average molecular weight is 655 g/mol. The van der Waals surface area contributed by atoms with Gasteiger partial charge in [-0.15, -0.1) is 0 Å². The minimum atomic E-state index is -1.17. The van der Waals surface area contributed by atoms with Crippen LogP contribution in [0.2, 0.25) is 0 Å². The summed E-state index contributed by atoms with van der Waals surface area (Å²) < 4.78 is 10.6. The van der Waals surface area contributed by atoms with Crippen molar-refractivity contribution >= 4 is 11.6 Å². The Kier molecular flexibility index (Phi) is 12.6. The zero-order valence-electron chi connectivity index (χ0n) is 30.1. The molecule has 0 bridgehead atoms. The number of hydrogen-bond donors (Lipinski definition) is 2. The second kappa shape index (κ2) is 16.2. The van der Waals surface area contributed by atoms with E-state index in [1.54, 1.807) is 7.11 Å². The molecule has 1 fully saturated rings. The van der Waals surface area contributed by atoms with Crippen LogP contribution >= 0.6 is 0 Å². The van der Waals surface area contributed by atoms with Crippen molar-refractivity contribution in [1.29, 1.82) is 0 Å². The molecule has 1 amide bonds. The number of nitrogens with zero attached hydrogens (tertiary/aromatic N) is 3. The van der Waals surface area contributed by atoms with E-state index in [0.717, 1.165) is 44.0 Å². The van der Waals surface area contributed by atoms with Gasteiger partial charge in [-0.2, -0.15) is 0 Å². The number of aliphatic hydroxyl groups is 1. The first kappa shape index (κ1) is 37.2. The predicted octanol–water partition coefficient (Wildman–Crippen LogP) is 6.38. The van der Waals surface area contributed by atoms with Crippen LogP contribution in [0.25, 0.3) is 0 Å². The van der Waals surface area contributed by atoms with Gasteiger partial charge in [0.2, 0.25) is 0 Å². The number of hydrogen-bond acceptors (Lipinski definition) is 7. The van der Waals surface area contributed by atoms with Crippen LogP contribution in [0.1, 0.15) is 81.2 Å². The maximum atomic E-state index is 13.0. The average Bonchev–Trinajstić information content (AvgIpc) is 3.04. The van der Waals surface area contributed by atoms with Crippen molar-refractivity contribution in [3.05, 3.63) is 94.8 Å². The Balaban J connectivity index is 1.25. The van der Waals surface area contributed by atoms with Gasteiger partial charge in [0, 0.05) is 79.7 Å². The van der Waals surface area contributed by atoms with Crippen LogP contribution in [0.15, 0.2) is 66.9 Å². The highest BCUT2D eigenvalue weighted by atomic mass is 16.5. The first-order valence-electron chi connectivity index (χ1n) is 16.9. The summed E-state index contributed by atoms with van der Waals surface area (Å²) in [5.41, 5.74) is 3.42. The molecule has 1 aromatic heterocycles. The molecule has 258 valence electrons. The highest BCUT2D eigenvalue weighted by Gasteiger charge is 2.48. The number of carbonyl (C=O) groups is 1. The number of anilines is 1. The number of carbonyl (C=O) groups excluding carboxylic acids is 1. The number of piperazine rings is 1. The molecule has 3 aromatic rings. The second-order valence-corrected chi connectivity index (χ2v) is 14.9. The zero-order chi connectivity index (χ0) is 35.0. The largest absolute Gasteiger partial charge is 0.382 e. The van der Waals surface area contributed by atoms with Crippen LogP contribution in [0, 0.1) is 22.7 Å². The molecule has 1 aliphatic heterocycles. The molecule has 0 spiro atoms. The molecular formula is C40H54N4O4. The molecule has 2 N–H and O–H groups in total. The summed E-state index contributed by atoms with van der Waals surface area (Å²) in [5, 5.41) is 14.4. The summed E-state index contributed by atoms with van der Waals surface area (Å²) in [6, 6.07) is 19.9. The summed E-state index contributed by atoms with van der Waals surface area (Å²) in [7, 11) is 1.67. The molecule has 48 heavy (non-hydrogen) atoms. The first-order chi connectivity index (χ1) is 22.7. The van der Waals surface area contributed by atoms with Gasteiger partial charge in [0.05, 0.1) is 25.5 Å². The van der Waals surface area contributed by atoms with Crippen LogP contribution in [0.4, 0.5) is 5.69 Å².